The zero-order valence-electron chi connectivity index (χ0n) is 23.6. The van der Waals surface area contributed by atoms with Gasteiger partial charge in [-0.25, -0.2) is 8.78 Å². The van der Waals surface area contributed by atoms with E-state index in [0.717, 1.165) is 37.6 Å². The van der Waals surface area contributed by atoms with E-state index in [9.17, 15) is 13.6 Å². The Morgan fingerprint density at radius 2 is 1.00 bits per heavy atom. The van der Waals surface area contributed by atoms with Crippen LogP contribution in [0.4, 0.5) is 20.2 Å². The molecule has 4 aromatic rings. The Kier molecular flexibility index (Phi) is 8.57. The van der Waals surface area contributed by atoms with Crippen molar-refractivity contribution in [2.45, 2.75) is 25.2 Å². The number of benzene rings is 2. The molecule has 9 nitrogen and oxygen atoms in total. The van der Waals surface area contributed by atoms with Crippen molar-refractivity contribution >= 4 is 17.2 Å². The van der Waals surface area contributed by atoms with E-state index in [2.05, 4.69) is 29.8 Å². The van der Waals surface area contributed by atoms with Crippen LogP contribution in [0.2, 0.25) is 0 Å². The highest BCUT2D eigenvalue weighted by atomic mass is 19.1. The summed E-state index contributed by atoms with van der Waals surface area (Å²) in [5, 5.41) is 8.86. The fraction of sp³-hybridized carbons (Fsp3) is 0.387. The smallest absolute Gasteiger partial charge is 0.170 e. The van der Waals surface area contributed by atoms with Crippen LogP contribution in [-0.2, 0) is 17.9 Å². The highest BCUT2D eigenvalue weighted by molar-refractivity contribution is 5.89. The summed E-state index contributed by atoms with van der Waals surface area (Å²) >= 11 is 0. The number of ketones is 1. The molecule has 6 rings (SSSR count). The summed E-state index contributed by atoms with van der Waals surface area (Å²) in [6, 6.07) is 16.2. The zero-order valence-corrected chi connectivity index (χ0v) is 23.6. The molecular formula is C31H36F2N8O. The highest BCUT2D eigenvalue weighted by Crippen LogP contribution is 2.22. The van der Waals surface area contributed by atoms with Gasteiger partial charge in [-0.2, -0.15) is 10.2 Å². The van der Waals surface area contributed by atoms with Gasteiger partial charge in [-0.1, -0.05) is 0 Å². The van der Waals surface area contributed by atoms with E-state index >= 15 is 0 Å². The van der Waals surface area contributed by atoms with Gasteiger partial charge >= 0.3 is 0 Å². The lowest BCUT2D eigenvalue weighted by Crippen LogP contribution is -2.61. The van der Waals surface area contributed by atoms with Gasteiger partial charge < -0.3 is 9.80 Å². The molecule has 11 heteroatoms. The van der Waals surface area contributed by atoms with Crippen molar-refractivity contribution < 1.29 is 13.6 Å². The summed E-state index contributed by atoms with van der Waals surface area (Å²) in [6.07, 6.45) is 7.28. The Morgan fingerprint density at radius 1 is 0.619 bits per heavy atom. The first kappa shape index (κ1) is 28.0. The summed E-state index contributed by atoms with van der Waals surface area (Å²) in [7, 11) is 0. The van der Waals surface area contributed by atoms with Crippen LogP contribution in [0.25, 0.3) is 0 Å². The third-order valence-corrected chi connectivity index (χ3v) is 8.39. The monoisotopic (exact) mass is 574 g/mol. The molecule has 2 fully saturated rings. The Balaban J connectivity index is 1.20. The number of hydrogen-bond acceptors (Lipinski definition) is 7. The van der Waals surface area contributed by atoms with Crippen LogP contribution in [0.1, 0.15) is 0 Å². The number of hydrogen-bond donors (Lipinski definition) is 0. The van der Waals surface area contributed by atoms with Gasteiger partial charge in [-0.3, -0.25) is 24.0 Å². The summed E-state index contributed by atoms with van der Waals surface area (Å²) in [6.45, 7) is 6.75. The van der Waals surface area contributed by atoms with Gasteiger partial charge in [0, 0.05) is 88.5 Å². The number of piperazine rings is 2. The van der Waals surface area contributed by atoms with E-state index in [4.69, 9.17) is 0 Å². The van der Waals surface area contributed by atoms with E-state index in [1.165, 1.54) is 24.3 Å². The molecule has 2 aromatic heterocycles. The highest BCUT2D eigenvalue weighted by Gasteiger charge is 2.38. The fourth-order valence-electron chi connectivity index (χ4n) is 6.05. The van der Waals surface area contributed by atoms with Gasteiger partial charge in [-0.15, -0.1) is 0 Å². The van der Waals surface area contributed by atoms with Gasteiger partial charge in [0.15, 0.2) is 5.78 Å². The first-order valence-corrected chi connectivity index (χ1v) is 14.5. The van der Waals surface area contributed by atoms with Gasteiger partial charge in [0.1, 0.15) is 11.6 Å². The van der Waals surface area contributed by atoms with Crippen LogP contribution in [0.3, 0.4) is 0 Å². The maximum absolute atomic E-state index is 14.6. The molecule has 220 valence electrons. The Bertz CT molecular complexity index is 1290. The molecule has 42 heavy (non-hydrogen) atoms. The lowest BCUT2D eigenvalue weighted by molar-refractivity contribution is -0.131. The molecule has 0 aliphatic carbocycles. The van der Waals surface area contributed by atoms with E-state index in [0.29, 0.717) is 39.3 Å². The van der Waals surface area contributed by atoms with Crippen LogP contribution < -0.4 is 9.80 Å². The number of carbonyl (C=O) groups excluding carboxylic acids is 1. The molecule has 0 radical (unpaired) electrons. The number of anilines is 2. The third kappa shape index (κ3) is 6.52. The molecule has 0 spiro atoms. The van der Waals surface area contributed by atoms with Crippen molar-refractivity contribution in [2.75, 3.05) is 62.2 Å². The number of carbonyl (C=O) groups is 1. The molecule has 2 atom stereocenters. The normalized spacial score (nSPS) is 18.2. The number of rotatable bonds is 10. The number of Topliss-reactive ketones (excluding diaryl/α,β-unsaturated/α-hetero) is 1. The SMILES string of the molecule is O=C(C(Cn1cccn1)N1CCN(c2ccc(F)cc2)CC1)C(Cn1cccn1)N1CCN(c2ccc(F)cc2)CC1. The summed E-state index contributed by atoms with van der Waals surface area (Å²) in [5.41, 5.74) is 1.98. The van der Waals surface area contributed by atoms with Crippen LogP contribution in [0.5, 0.6) is 0 Å². The first-order valence-electron chi connectivity index (χ1n) is 14.5. The van der Waals surface area contributed by atoms with Crippen molar-refractivity contribution in [3.05, 3.63) is 97.1 Å². The summed E-state index contributed by atoms with van der Waals surface area (Å²) in [5.74, 6) is -0.334. The minimum absolute atomic E-state index is 0.159. The van der Waals surface area contributed by atoms with Crippen LogP contribution in [-0.4, -0.2) is 99.6 Å². The maximum atomic E-state index is 14.6. The van der Waals surface area contributed by atoms with Crippen molar-refractivity contribution in [3.8, 4) is 0 Å². The Hall–Kier alpha value is -4.09. The van der Waals surface area contributed by atoms with Crippen molar-refractivity contribution in [3.63, 3.8) is 0 Å². The molecule has 0 bridgehead atoms. The average Bonchev–Trinajstić information content (AvgIpc) is 3.74. The van der Waals surface area contributed by atoms with E-state index in [1.54, 1.807) is 12.4 Å². The molecule has 0 saturated carbocycles. The summed E-state index contributed by atoms with van der Waals surface area (Å²) < 4.78 is 30.6. The molecule has 2 unspecified atom stereocenters. The first-order chi connectivity index (χ1) is 20.5. The second-order valence-electron chi connectivity index (χ2n) is 10.9. The van der Waals surface area contributed by atoms with Crippen LogP contribution in [0.15, 0.2) is 85.5 Å². The summed E-state index contributed by atoms with van der Waals surface area (Å²) in [4.78, 5) is 23.6. The zero-order chi connectivity index (χ0) is 28.9. The van der Waals surface area contributed by atoms with E-state index in [1.807, 2.05) is 58.2 Å². The van der Waals surface area contributed by atoms with Crippen LogP contribution in [0, 0.1) is 11.6 Å². The van der Waals surface area contributed by atoms with Gasteiger partial charge in [-0.05, 0) is 60.7 Å². The van der Waals surface area contributed by atoms with E-state index in [-0.39, 0.29) is 29.5 Å². The van der Waals surface area contributed by atoms with Crippen molar-refractivity contribution in [1.29, 1.82) is 0 Å². The number of nitrogens with zero attached hydrogens (tertiary/aromatic N) is 8. The topological polar surface area (TPSA) is 65.7 Å². The Labute approximate surface area is 244 Å². The van der Waals surface area contributed by atoms with Gasteiger partial charge in [0.2, 0.25) is 0 Å². The Morgan fingerprint density at radius 3 is 1.33 bits per heavy atom. The quantitative estimate of drug-likeness (QED) is 0.289. The van der Waals surface area contributed by atoms with Gasteiger partial charge in [0.25, 0.3) is 0 Å². The lowest BCUT2D eigenvalue weighted by atomic mass is 9.99. The molecular weight excluding hydrogens is 538 g/mol. The second-order valence-corrected chi connectivity index (χ2v) is 10.9. The van der Waals surface area contributed by atoms with E-state index < -0.39 is 0 Å². The van der Waals surface area contributed by atoms with Crippen molar-refractivity contribution in [1.82, 2.24) is 29.4 Å². The van der Waals surface area contributed by atoms with Crippen molar-refractivity contribution in [2.24, 2.45) is 0 Å². The minimum Gasteiger partial charge on any atom is -0.369 e. The molecule has 4 heterocycles. The predicted octanol–water partition coefficient (Wildman–Crippen LogP) is 3.01. The van der Waals surface area contributed by atoms with Gasteiger partial charge in [0.05, 0.1) is 25.2 Å². The molecule has 2 aliphatic heterocycles. The predicted molar refractivity (Wildman–Crippen MR) is 157 cm³/mol. The maximum Gasteiger partial charge on any atom is 0.170 e. The minimum atomic E-state index is -0.365. The molecule has 2 aliphatic rings. The standard InChI is InChI=1S/C31H36F2N8O/c32-25-3-7-27(8-4-25)36-15-19-38(20-16-36)29(23-40-13-1-11-34-40)31(42)30(24-41-14-2-12-35-41)39-21-17-37(18-22-39)28-9-5-26(33)6-10-28/h1-14,29-30H,15-24H2. The molecule has 2 saturated heterocycles. The third-order valence-electron chi connectivity index (χ3n) is 8.39. The average molecular weight is 575 g/mol. The molecule has 2 aromatic carbocycles. The number of halogens is 2. The lowest BCUT2D eigenvalue weighted by Gasteiger charge is -2.43. The second kappa shape index (κ2) is 12.8. The number of aromatic nitrogens is 4. The fourth-order valence-corrected chi connectivity index (χ4v) is 6.05. The molecule has 0 N–H and O–H groups in total. The largest absolute Gasteiger partial charge is 0.369 e. The molecule has 0 amide bonds. The van der Waals surface area contributed by atoms with Crippen LogP contribution >= 0.6 is 0 Å².